The summed E-state index contributed by atoms with van der Waals surface area (Å²) in [6, 6.07) is 10.6. The molecule has 3 rings (SSSR count). The van der Waals surface area contributed by atoms with Crippen LogP contribution in [0, 0.1) is 5.82 Å². The molecule has 0 radical (unpaired) electrons. The maximum absolute atomic E-state index is 13.8. The average Bonchev–Trinajstić information content (AvgIpc) is 2.54. The van der Waals surface area contributed by atoms with E-state index in [2.05, 4.69) is 0 Å². The molecule has 0 bridgehead atoms. The van der Waals surface area contributed by atoms with Gasteiger partial charge in [0.1, 0.15) is 22.0 Å². The van der Waals surface area contributed by atoms with E-state index in [0.717, 1.165) is 18.2 Å². The highest BCUT2D eigenvalue weighted by Crippen LogP contribution is 2.25. The monoisotopic (exact) mass is 334 g/mol. The van der Waals surface area contributed by atoms with Crippen LogP contribution in [0.2, 0.25) is 0 Å². The minimum absolute atomic E-state index is 0.211. The van der Waals surface area contributed by atoms with Crippen molar-refractivity contribution in [2.24, 2.45) is 0 Å². The predicted molar refractivity (Wildman–Crippen MR) is 80.9 cm³/mol. The Morgan fingerprint density at radius 3 is 2.48 bits per heavy atom. The van der Waals surface area contributed by atoms with Gasteiger partial charge in [-0.3, -0.25) is 0 Å². The molecule has 0 spiro atoms. The number of sulfone groups is 1. The van der Waals surface area contributed by atoms with Gasteiger partial charge >= 0.3 is 5.63 Å². The molecular formula is C16H11FO5S. The first kappa shape index (κ1) is 15.2. The first-order valence-electron chi connectivity index (χ1n) is 6.55. The van der Waals surface area contributed by atoms with Crippen molar-refractivity contribution in [3.05, 3.63) is 64.8 Å². The summed E-state index contributed by atoms with van der Waals surface area (Å²) in [6.07, 6.45) is 0. The number of fused-ring (bicyclic) bond motifs is 1. The second kappa shape index (κ2) is 5.51. The summed E-state index contributed by atoms with van der Waals surface area (Å²) < 4.78 is 49.0. The second-order valence-electron chi connectivity index (χ2n) is 4.74. The zero-order valence-corrected chi connectivity index (χ0v) is 12.8. The highest BCUT2D eigenvalue weighted by Gasteiger charge is 2.26. The quantitative estimate of drug-likeness (QED) is 0.689. The lowest BCUT2D eigenvalue weighted by atomic mass is 10.2. The van der Waals surface area contributed by atoms with Crippen molar-refractivity contribution in [3.63, 3.8) is 0 Å². The van der Waals surface area contributed by atoms with E-state index in [9.17, 15) is 17.6 Å². The number of halogens is 1. The second-order valence-corrected chi connectivity index (χ2v) is 6.62. The van der Waals surface area contributed by atoms with Crippen LogP contribution >= 0.6 is 0 Å². The lowest BCUT2D eigenvalue weighted by Gasteiger charge is -2.06. The first-order chi connectivity index (χ1) is 10.9. The maximum Gasteiger partial charge on any atom is 0.355 e. The van der Waals surface area contributed by atoms with Crippen LogP contribution in [-0.2, 0) is 9.84 Å². The molecule has 1 aromatic heterocycles. The van der Waals surface area contributed by atoms with Crippen LogP contribution in [-0.4, -0.2) is 15.5 Å². The molecule has 5 nitrogen and oxygen atoms in total. The van der Waals surface area contributed by atoms with Crippen LogP contribution in [0.5, 0.6) is 5.75 Å². The largest absolute Gasteiger partial charge is 0.497 e. The van der Waals surface area contributed by atoms with E-state index >= 15 is 0 Å². The molecule has 0 unspecified atom stereocenters. The molecule has 118 valence electrons. The number of hydrogen-bond donors (Lipinski definition) is 0. The van der Waals surface area contributed by atoms with E-state index < -0.39 is 31.1 Å². The van der Waals surface area contributed by atoms with Gasteiger partial charge in [-0.25, -0.2) is 17.6 Å². The Balaban J connectivity index is 2.29. The highest BCUT2D eigenvalue weighted by atomic mass is 32.2. The van der Waals surface area contributed by atoms with Gasteiger partial charge in [0.25, 0.3) is 0 Å². The lowest BCUT2D eigenvalue weighted by Crippen LogP contribution is -2.15. The fourth-order valence-electron chi connectivity index (χ4n) is 2.18. The van der Waals surface area contributed by atoms with Crippen molar-refractivity contribution >= 4 is 20.8 Å². The van der Waals surface area contributed by atoms with E-state index in [1.807, 2.05) is 0 Å². The van der Waals surface area contributed by atoms with Gasteiger partial charge in [0.2, 0.25) is 9.84 Å². The number of ether oxygens (including phenoxy) is 1. The Hall–Kier alpha value is -2.67. The van der Waals surface area contributed by atoms with Crippen molar-refractivity contribution in [1.82, 2.24) is 0 Å². The van der Waals surface area contributed by atoms with Gasteiger partial charge in [-0.05, 0) is 36.4 Å². The number of benzene rings is 2. The molecule has 2 aromatic carbocycles. The van der Waals surface area contributed by atoms with Gasteiger partial charge in [0, 0.05) is 5.39 Å². The number of methoxy groups -OCH3 is 1. The van der Waals surface area contributed by atoms with Crippen LogP contribution < -0.4 is 10.4 Å². The Morgan fingerprint density at radius 1 is 1.04 bits per heavy atom. The summed E-state index contributed by atoms with van der Waals surface area (Å²) in [6.45, 7) is 0. The Kier molecular flexibility index (Phi) is 3.65. The number of hydrogen-bond acceptors (Lipinski definition) is 5. The molecule has 1 heterocycles. The molecule has 3 aromatic rings. The zero-order valence-electron chi connectivity index (χ0n) is 11.9. The SMILES string of the molecule is COc1ccc2oc(=O)c(S(=O)(=O)c3ccccc3F)cc2c1. The minimum Gasteiger partial charge on any atom is -0.497 e. The van der Waals surface area contributed by atoms with Crippen molar-refractivity contribution in [2.75, 3.05) is 7.11 Å². The third-order valence-electron chi connectivity index (χ3n) is 3.32. The molecule has 0 aliphatic rings. The fourth-order valence-corrected chi connectivity index (χ4v) is 3.54. The van der Waals surface area contributed by atoms with Gasteiger partial charge in [-0.1, -0.05) is 12.1 Å². The highest BCUT2D eigenvalue weighted by molar-refractivity contribution is 7.91. The molecular weight excluding hydrogens is 323 g/mol. The third-order valence-corrected chi connectivity index (χ3v) is 5.10. The van der Waals surface area contributed by atoms with Gasteiger partial charge < -0.3 is 9.15 Å². The molecule has 7 heteroatoms. The minimum atomic E-state index is -4.33. The van der Waals surface area contributed by atoms with Gasteiger partial charge in [-0.15, -0.1) is 0 Å². The van der Waals surface area contributed by atoms with Gasteiger partial charge in [-0.2, -0.15) is 0 Å². The molecule has 0 aliphatic carbocycles. The summed E-state index contributed by atoms with van der Waals surface area (Å²) in [7, 11) is -2.88. The van der Waals surface area contributed by atoms with Crippen LogP contribution in [0.1, 0.15) is 0 Å². The Labute approximate surface area is 130 Å². The molecule has 0 N–H and O–H groups in total. The maximum atomic E-state index is 13.8. The predicted octanol–water partition coefficient (Wildman–Crippen LogP) is 2.77. The molecule has 0 amide bonds. The summed E-state index contributed by atoms with van der Waals surface area (Å²) >= 11 is 0. The van der Waals surface area contributed by atoms with Crippen molar-refractivity contribution in [1.29, 1.82) is 0 Å². The fraction of sp³-hybridized carbons (Fsp3) is 0.0625. The lowest BCUT2D eigenvalue weighted by molar-refractivity contribution is 0.415. The van der Waals surface area contributed by atoms with E-state index in [0.29, 0.717) is 11.1 Å². The van der Waals surface area contributed by atoms with Crippen LogP contribution in [0.3, 0.4) is 0 Å². The number of rotatable bonds is 3. The molecule has 0 atom stereocenters. The van der Waals surface area contributed by atoms with E-state index in [1.165, 1.54) is 31.4 Å². The average molecular weight is 334 g/mol. The van der Waals surface area contributed by atoms with E-state index in [-0.39, 0.29) is 5.58 Å². The van der Waals surface area contributed by atoms with Gasteiger partial charge in [0.15, 0.2) is 4.90 Å². The zero-order chi connectivity index (χ0) is 16.6. The third kappa shape index (κ3) is 2.59. The molecule has 0 saturated heterocycles. The summed E-state index contributed by atoms with van der Waals surface area (Å²) in [5, 5.41) is 0.360. The molecule has 0 fully saturated rings. The van der Waals surface area contributed by atoms with Crippen LogP contribution in [0.25, 0.3) is 11.0 Å². The normalized spacial score (nSPS) is 11.6. The first-order valence-corrected chi connectivity index (χ1v) is 8.03. The Bertz CT molecular complexity index is 1050. The van der Waals surface area contributed by atoms with Crippen LogP contribution in [0.15, 0.2) is 67.5 Å². The molecule has 0 saturated carbocycles. The molecule has 23 heavy (non-hydrogen) atoms. The van der Waals surface area contributed by atoms with Crippen molar-refractivity contribution in [2.45, 2.75) is 9.79 Å². The van der Waals surface area contributed by atoms with Crippen LogP contribution in [0.4, 0.5) is 4.39 Å². The van der Waals surface area contributed by atoms with Crippen molar-refractivity contribution in [3.8, 4) is 5.75 Å². The summed E-state index contributed by atoms with van der Waals surface area (Å²) in [5.41, 5.74) is -0.839. The molecule has 0 aliphatic heterocycles. The van der Waals surface area contributed by atoms with Crippen molar-refractivity contribution < 1.29 is 22.0 Å². The summed E-state index contributed by atoms with van der Waals surface area (Å²) in [4.78, 5) is 10.8. The van der Waals surface area contributed by atoms with E-state index in [4.69, 9.17) is 9.15 Å². The van der Waals surface area contributed by atoms with E-state index in [1.54, 1.807) is 6.07 Å². The summed E-state index contributed by atoms with van der Waals surface area (Å²) in [5.74, 6) is -0.460. The smallest absolute Gasteiger partial charge is 0.355 e. The Morgan fingerprint density at radius 2 is 1.78 bits per heavy atom. The van der Waals surface area contributed by atoms with Gasteiger partial charge in [0.05, 0.1) is 7.11 Å². The topological polar surface area (TPSA) is 73.6 Å². The standard InChI is InChI=1S/C16H11FO5S/c1-21-11-6-7-13-10(8-11)9-15(16(18)22-13)23(19,20)14-5-3-2-4-12(14)17/h2-9H,1H3.